The molecule has 0 bridgehead atoms. The number of hydrogen-bond acceptors (Lipinski definition) is 4. The number of aliphatic hydroxyl groups is 1. The lowest BCUT2D eigenvalue weighted by atomic mass is 9.82. The minimum atomic E-state index is -0.895. The molecule has 41 heavy (non-hydrogen) atoms. The highest BCUT2D eigenvalue weighted by molar-refractivity contribution is 5.89. The Morgan fingerprint density at radius 3 is 2.41 bits per heavy atom. The Bertz CT molecular complexity index is 1330. The second-order valence-corrected chi connectivity index (χ2v) is 10.6. The van der Waals surface area contributed by atoms with E-state index in [2.05, 4.69) is 6.58 Å². The first-order chi connectivity index (χ1) is 19.8. The Morgan fingerprint density at radius 1 is 1.02 bits per heavy atom. The minimum absolute atomic E-state index is 0.0779. The van der Waals surface area contributed by atoms with E-state index in [1.807, 2.05) is 6.92 Å². The van der Waals surface area contributed by atoms with E-state index in [4.69, 9.17) is 9.47 Å². The molecule has 0 heterocycles. The normalized spacial score (nSPS) is 17.6. The van der Waals surface area contributed by atoms with Crippen molar-refractivity contribution < 1.29 is 32.5 Å². The molecule has 1 unspecified atom stereocenters. The van der Waals surface area contributed by atoms with Gasteiger partial charge in [-0.2, -0.15) is 0 Å². The third-order valence-electron chi connectivity index (χ3n) is 7.65. The fourth-order valence-corrected chi connectivity index (χ4v) is 5.29. The van der Waals surface area contributed by atoms with Crippen molar-refractivity contribution in [3.63, 3.8) is 0 Å². The van der Waals surface area contributed by atoms with E-state index in [1.54, 1.807) is 42.5 Å². The van der Waals surface area contributed by atoms with E-state index < -0.39 is 29.5 Å². The summed E-state index contributed by atoms with van der Waals surface area (Å²) in [6.45, 7) is 5.97. The molecule has 1 N–H and O–H groups in total. The summed E-state index contributed by atoms with van der Waals surface area (Å²) in [6.07, 6.45) is 5.81. The van der Waals surface area contributed by atoms with E-state index in [1.165, 1.54) is 12.1 Å². The van der Waals surface area contributed by atoms with Crippen LogP contribution in [0.5, 0.6) is 5.75 Å². The molecule has 1 fully saturated rings. The summed E-state index contributed by atoms with van der Waals surface area (Å²) in [6, 6.07) is 14.1. The van der Waals surface area contributed by atoms with Gasteiger partial charge in [-0.1, -0.05) is 55.8 Å². The Labute approximate surface area is 239 Å². The number of carbonyl (C=O) groups is 1. The Balaban J connectivity index is 1.33. The van der Waals surface area contributed by atoms with Gasteiger partial charge >= 0.3 is 5.97 Å². The number of allylic oxidation sites excluding steroid dienone is 1. The van der Waals surface area contributed by atoms with Gasteiger partial charge < -0.3 is 14.6 Å². The van der Waals surface area contributed by atoms with Crippen LogP contribution in [-0.4, -0.2) is 23.8 Å². The van der Waals surface area contributed by atoms with Gasteiger partial charge in [-0.3, -0.25) is 0 Å². The van der Waals surface area contributed by atoms with E-state index >= 15 is 8.78 Å². The summed E-state index contributed by atoms with van der Waals surface area (Å²) in [5.41, 5.74) is 1.87. The zero-order valence-corrected chi connectivity index (χ0v) is 23.4. The van der Waals surface area contributed by atoms with E-state index in [9.17, 15) is 14.3 Å². The van der Waals surface area contributed by atoms with Crippen molar-refractivity contribution in [1.29, 1.82) is 0 Å². The number of carbonyl (C=O) groups excluding carboxylic acids is 1. The van der Waals surface area contributed by atoms with Crippen molar-refractivity contribution in [3.8, 4) is 16.9 Å². The number of benzene rings is 3. The van der Waals surface area contributed by atoms with Crippen molar-refractivity contribution in [3.05, 3.63) is 101 Å². The highest BCUT2D eigenvalue weighted by Gasteiger charge is 2.29. The molecule has 0 radical (unpaired) electrons. The van der Waals surface area contributed by atoms with Crippen LogP contribution in [0.4, 0.5) is 13.2 Å². The molecule has 4 nitrogen and oxygen atoms in total. The zero-order chi connectivity index (χ0) is 29.4. The van der Waals surface area contributed by atoms with Crippen LogP contribution in [0.15, 0.2) is 67.3 Å². The zero-order valence-electron chi connectivity index (χ0n) is 23.4. The van der Waals surface area contributed by atoms with Crippen LogP contribution in [0.2, 0.25) is 0 Å². The molecule has 0 amide bonds. The molecule has 3 aromatic carbocycles. The summed E-state index contributed by atoms with van der Waals surface area (Å²) in [4.78, 5) is 12.6. The minimum Gasteiger partial charge on any atom is -0.491 e. The predicted molar refractivity (Wildman–Crippen MR) is 153 cm³/mol. The number of hydrogen-bond donors (Lipinski definition) is 1. The monoisotopic (exact) mass is 566 g/mol. The first kappa shape index (κ1) is 30.4. The molecule has 218 valence electrons. The first-order valence-corrected chi connectivity index (χ1v) is 14.3. The fraction of sp³-hybridized carbons (Fsp3) is 0.382. The van der Waals surface area contributed by atoms with Crippen LogP contribution in [0, 0.1) is 17.5 Å². The topological polar surface area (TPSA) is 55.8 Å². The summed E-state index contributed by atoms with van der Waals surface area (Å²) < 4.78 is 55.8. The summed E-state index contributed by atoms with van der Waals surface area (Å²) in [5, 5.41) is 10.2. The summed E-state index contributed by atoms with van der Waals surface area (Å²) in [5.74, 6) is -3.13. The molecule has 0 saturated heterocycles. The predicted octanol–water partition coefficient (Wildman–Crippen LogP) is 8.83. The molecule has 7 heteroatoms. The molecule has 0 spiro atoms. The van der Waals surface area contributed by atoms with Crippen LogP contribution in [0.3, 0.4) is 0 Å². The molecular weight excluding hydrogens is 529 g/mol. The molecule has 0 aliphatic heterocycles. The fourth-order valence-electron chi connectivity index (χ4n) is 5.29. The Hall–Kier alpha value is -3.58. The van der Waals surface area contributed by atoms with Crippen LogP contribution in [0.25, 0.3) is 11.1 Å². The third kappa shape index (κ3) is 7.59. The second kappa shape index (κ2) is 14.4. The number of unbranched alkanes of at least 4 members (excludes halogenated alkanes) is 1. The average Bonchev–Trinajstić information content (AvgIpc) is 2.98. The number of ether oxygens (including phenoxy) is 2. The smallest absolute Gasteiger partial charge is 0.338 e. The maximum absolute atomic E-state index is 15.2. The van der Waals surface area contributed by atoms with Gasteiger partial charge in [-0.15, -0.1) is 6.58 Å². The Morgan fingerprint density at radius 2 is 1.76 bits per heavy atom. The lowest BCUT2D eigenvalue weighted by Crippen LogP contribution is -2.24. The van der Waals surface area contributed by atoms with Crippen LogP contribution >= 0.6 is 0 Å². The first-order valence-electron chi connectivity index (χ1n) is 14.3. The molecule has 1 atom stereocenters. The maximum atomic E-state index is 15.2. The van der Waals surface area contributed by atoms with Crippen LogP contribution in [0.1, 0.15) is 91.8 Å². The van der Waals surface area contributed by atoms with Crippen molar-refractivity contribution >= 4 is 5.97 Å². The lowest BCUT2D eigenvalue weighted by Gasteiger charge is -2.29. The van der Waals surface area contributed by atoms with Crippen molar-refractivity contribution in [2.75, 3.05) is 6.61 Å². The quantitative estimate of drug-likeness (QED) is 0.135. The van der Waals surface area contributed by atoms with Crippen molar-refractivity contribution in [1.82, 2.24) is 0 Å². The van der Waals surface area contributed by atoms with Gasteiger partial charge in [0.05, 0.1) is 18.3 Å². The molecule has 3 aromatic rings. The van der Waals surface area contributed by atoms with Gasteiger partial charge in [0.2, 0.25) is 0 Å². The molecular formula is C34H37F3O4. The van der Waals surface area contributed by atoms with Crippen molar-refractivity contribution in [2.45, 2.75) is 76.4 Å². The van der Waals surface area contributed by atoms with Gasteiger partial charge in [-0.05, 0) is 85.8 Å². The lowest BCUT2D eigenvalue weighted by molar-refractivity contribution is 0.0193. The number of esters is 1. The van der Waals surface area contributed by atoms with Gasteiger partial charge in [-0.25, -0.2) is 18.0 Å². The third-order valence-corrected chi connectivity index (χ3v) is 7.65. The summed E-state index contributed by atoms with van der Waals surface area (Å²) in [7, 11) is 0. The van der Waals surface area contributed by atoms with Gasteiger partial charge in [0.1, 0.15) is 6.10 Å². The van der Waals surface area contributed by atoms with Gasteiger partial charge in [0.25, 0.3) is 0 Å². The van der Waals surface area contributed by atoms with Gasteiger partial charge in [0, 0.05) is 5.56 Å². The van der Waals surface area contributed by atoms with Gasteiger partial charge in [0.15, 0.2) is 23.2 Å². The standard InChI is InChI=1S/C34H37F3O4/c1-3-5-6-20-40-31-19-14-25(21-29(31)35)34(39)41-26-15-12-23(13-16-26)28-18-17-27(32(36)33(28)37)22-8-10-24(11-9-22)30(38)7-4-2/h3,8-11,14,17-19,21,23,26,30,38H,1,4-7,12-13,15-16,20H2,2H3. The number of aliphatic hydroxyl groups excluding tert-OH is 1. The molecule has 4 rings (SSSR count). The Kier molecular flexibility index (Phi) is 10.6. The second-order valence-electron chi connectivity index (χ2n) is 10.6. The highest BCUT2D eigenvalue weighted by atomic mass is 19.2. The van der Waals surface area contributed by atoms with Crippen molar-refractivity contribution in [2.24, 2.45) is 0 Å². The highest BCUT2D eigenvalue weighted by Crippen LogP contribution is 2.38. The average molecular weight is 567 g/mol. The van der Waals surface area contributed by atoms with Crippen LogP contribution < -0.4 is 4.74 Å². The number of rotatable bonds is 12. The molecule has 0 aromatic heterocycles. The molecule has 1 aliphatic rings. The SMILES string of the molecule is C=CCCCOc1ccc(C(=O)OC2CCC(c3ccc(-c4ccc(C(O)CCC)cc4)c(F)c3F)CC2)cc1F. The molecule has 1 saturated carbocycles. The van der Waals surface area contributed by atoms with Crippen LogP contribution in [-0.2, 0) is 4.74 Å². The maximum Gasteiger partial charge on any atom is 0.338 e. The van der Waals surface area contributed by atoms with E-state index in [0.29, 0.717) is 49.8 Å². The van der Waals surface area contributed by atoms with E-state index in [-0.39, 0.29) is 28.9 Å². The molecule has 1 aliphatic carbocycles. The van der Waals surface area contributed by atoms with E-state index in [0.717, 1.165) is 30.9 Å². The summed E-state index contributed by atoms with van der Waals surface area (Å²) >= 11 is 0. The largest absolute Gasteiger partial charge is 0.491 e. The number of halogens is 3.